The van der Waals surface area contributed by atoms with Crippen molar-refractivity contribution in [2.45, 2.75) is 43.9 Å². The zero-order valence-electron chi connectivity index (χ0n) is 32.2. The number of nitriles is 1. The Kier molecular flexibility index (Phi) is 7.45. The van der Waals surface area contributed by atoms with Crippen LogP contribution in [0.4, 0.5) is 0 Å². The molecule has 8 aromatic carbocycles. The van der Waals surface area contributed by atoms with Crippen molar-refractivity contribution in [3.63, 3.8) is 0 Å². The Morgan fingerprint density at radius 1 is 0.431 bits per heavy atom. The molecule has 4 fully saturated rings. The number of rotatable bonds is 5. The third-order valence-electron chi connectivity index (χ3n) is 13.9. The predicted molar refractivity (Wildman–Crippen MR) is 236 cm³/mol. The van der Waals surface area contributed by atoms with E-state index in [1.807, 2.05) is 24.3 Å². The van der Waals surface area contributed by atoms with E-state index in [1.54, 1.807) is 0 Å². The van der Waals surface area contributed by atoms with E-state index in [1.165, 1.54) is 54.9 Å². The van der Waals surface area contributed by atoms with E-state index in [9.17, 15) is 5.26 Å². The number of nitrogens with zero attached hydrogens (tertiary/aromatic N) is 4. The van der Waals surface area contributed by atoms with E-state index in [0.29, 0.717) is 23.0 Å². The molecule has 4 bridgehead atoms. The molecule has 4 aliphatic rings. The van der Waals surface area contributed by atoms with Crippen LogP contribution in [-0.4, -0.2) is 15.0 Å². The Morgan fingerprint density at radius 3 is 1.72 bits per heavy atom. The van der Waals surface area contributed by atoms with Gasteiger partial charge in [0, 0.05) is 22.1 Å². The molecular weight excluding hydrogens is 705 g/mol. The fraction of sp³-hybridized carbons (Fsp3) is 0.185. The number of aromatic nitrogens is 3. The summed E-state index contributed by atoms with van der Waals surface area (Å²) in [5.74, 6) is 4.65. The number of fused-ring (bicyclic) bond motifs is 5. The third-order valence-corrected chi connectivity index (χ3v) is 13.9. The predicted octanol–water partition coefficient (Wildman–Crippen LogP) is 13.5. The SMILES string of the molecule is N#Cc1cc2cc(-c3ccc(-c4nc(-c5cccc6ccccc56)nc(-c5ccc(C67C[C@H]8C[C@@H](C6)C[C@@H](C7)C8)c6ccccc56)n4)cc3)ccc2c2ccccc12. The molecule has 276 valence electrons. The van der Waals surface area contributed by atoms with Crippen LogP contribution in [-0.2, 0) is 5.41 Å². The summed E-state index contributed by atoms with van der Waals surface area (Å²) in [5, 5.41) is 19.1. The van der Waals surface area contributed by atoms with Crippen LogP contribution in [0.25, 0.3) is 88.4 Å². The van der Waals surface area contributed by atoms with Gasteiger partial charge in [-0.05, 0) is 128 Å². The van der Waals surface area contributed by atoms with Crippen LogP contribution < -0.4 is 0 Å². The summed E-state index contributed by atoms with van der Waals surface area (Å²) in [6.07, 6.45) is 8.29. The first-order chi connectivity index (χ1) is 28.6. The third kappa shape index (κ3) is 5.30. The van der Waals surface area contributed by atoms with Crippen LogP contribution in [0.5, 0.6) is 0 Å². The Bertz CT molecular complexity index is 3130. The molecule has 4 heteroatoms. The van der Waals surface area contributed by atoms with E-state index >= 15 is 0 Å². The molecule has 0 N–H and O–H groups in total. The minimum Gasteiger partial charge on any atom is -0.208 e. The molecule has 4 saturated carbocycles. The molecule has 0 aliphatic heterocycles. The molecule has 58 heavy (non-hydrogen) atoms. The van der Waals surface area contributed by atoms with Gasteiger partial charge >= 0.3 is 0 Å². The first-order valence-electron chi connectivity index (χ1n) is 20.8. The van der Waals surface area contributed by atoms with Crippen LogP contribution in [0.1, 0.15) is 49.7 Å². The van der Waals surface area contributed by atoms with Crippen molar-refractivity contribution >= 4 is 43.1 Å². The van der Waals surface area contributed by atoms with Gasteiger partial charge in [0.25, 0.3) is 0 Å². The molecule has 13 rings (SSSR count). The van der Waals surface area contributed by atoms with Gasteiger partial charge in [-0.15, -0.1) is 0 Å². The zero-order valence-corrected chi connectivity index (χ0v) is 32.2. The number of benzene rings is 8. The summed E-state index contributed by atoms with van der Waals surface area (Å²) in [7, 11) is 0. The lowest BCUT2D eigenvalue weighted by Gasteiger charge is -2.57. The van der Waals surface area contributed by atoms with Gasteiger partial charge < -0.3 is 0 Å². The molecule has 0 spiro atoms. The van der Waals surface area contributed by atoms with Gasteiger partial charge in [-0.3, -0.25) is 0 Å². The van der Waals surface area contributed by atoms with Crippen molar-refractivity contribution < 1.29 is 0 Å². The molecular formula is C54H40N4. The highest BCUT2D eigenvalue weighted by Crippen LogP contribution is 2.61. The van der Waals surface area contributed by atoms with Gasteiger partial charge in [0.2, 0.25) is 0 Å². The second-order valence-corrected chi connectivity index (χ2v) is 17.3. The molecule has 4 aliphatic carbocycles. The first-order valence-corrected chi connectivity index (χ1v) is 20.8. The molecule has 4 nitrogen and oxygen atoms in total. The summed E-state index contributed by atoms with van der Waals surface area (Å²) in [5.41, 5.74) is 7.67. The van der Waals surface area contributed by atoms with E-state index < -0.39 is 0 Å². The topological polar surface area (TPSA) is 62.5 Å². The average Bonchev–Trinajstić information content (AvgIpc) is 3.27. The van der Waals surface area contributed by atoms with Crippen molar-refractivity contribution in [3.05, 3.63) is 163 Å². The summed E-state index contributed by atoms with van der Waals surface area (Å²) >= 11 is 0. The molecule has 0 radical (unpaired) electrons. The molecule has 1 heterocycles. The summed E-state index contributed by atoms with van der Waals surface area (Å²) in [4.78, 5) is 15.8. The Hall–Kier alpha value is -6.70. The Labute approximate surface area is 337 Å². The molecule has 0 saturated heterocycles. The maximum Gasteiger partial charge on any atom is 0.164 e. The molecule has 1 aromatic heterocycles. The summed E-state index contributed by atoms with van der Waals surface area (Å²) in [6.45, 7) is 0. The van der Waals surface area contributed by atoms with Crippen molar-refractivity contribution in [1.29, 1.82) is 5.26 Å². The monoisotopic (exact) mass is 744 g/mol. The Balaban J connectivity index is 0.989. The normalized spacial score (nSPS) is 20.9. The minimum absolute atomic E-state index is 0.282. The van der Waals surface area contributed by atoms with Crippen molar-refractivity contribution in [2.24, 2.45) is 17.8 Å². The van der Waals surface area contributed by atoms with Crippen LogP contribution in [0, 0.1) is 29.1 Å². The first kappa shape index (κ1) is 33.4. The average molecular weight is 745 g/mol. The highest BCUT2D eigenvalue weighted by Gasteiger charge is 2.52. The molecule has 9 aromatic rings. The van der Waals surface area contributed by atoms with Crippen LogP contribution >= 0.6 is 0 Å². The Morgan fingerprint density at radius 2 is 1.00 bits per heavy atom. The highest BCUT2D eigenvalue weighted by molar-refractivity contribution is 6.10. The molecule has 0 amide bonds. The lowest BCUT2D eigenvalue weighted by Crippen LogP contribution is -2.48. The number of hydrogen-bond donors (Lipinski definition) is 0. The number of hydrogen-bond acceptors (Lipinski definition) is 4. The second kappa shape index (κ2) is 12.9. The van der Waals surface area contributed by atoms with Gasteiger partial charge in [-0.1, -0.05) is 140 Å². The lowest BCUT2D eigenvalue weighted by atomic mass is 9.47. The van der Waals surface area contributed by atoms with Gasteiger partial charge in [0.1, 0.15) is 0 Å². The van der Waals surface area contributed by atoms with Crippen LogP contribution in [0.2, 0.25) is 0 Å². The van der Waals surface area contributed by atoms with E-state index in [2.05, 4.69) is 133 Å². The van der Waals surface area contributed by atoms with E-state index in [0.717, 1.165) is 77.9 Å². The highest BCUT2D eigenvalue weighted by atomic mass is 15.0. The van der Waals surface area contributed by atoms with Crippen LogP contribution in [0.15, 0.2) is 152 Å². The molecule has 0 unspecified atom stereocenters. The fourth-order valence-corrected chi connectivity index (χ4v) is 11.8. The lowest BCUT2D eigenvalue weighted by molar-refractivity contribution is -0.00449. The maximum absolute atomic E-state index is 9.95. The van der Waals surface area contributed by atoms with Gasteiger partial charge in [-0.25, -0.2) is 15.0 Å². The summed E-state index contributed by atoms with van der Waals surface area (Å²) < 4.78 is 0. The summed E-state index contributed by atoms with van der Waals surface area (Å²) in [6, 6.07) is 56.2. The molecule has 0 atom stereocenters. The van der Waals surface area contributed by atoms with Crippen LogP contribution in [0.3, 0.4) is 0 Å². The largest absolute Gasteiger partial charge is 0.208 e. The van der Waals surface area contributed by atoms with Gasteiger partial charge in [0.05, 0.1) is 11.6 Å². The van der Waals surface area contributed by atoms with E-state index in [-0.39, 0.29) is 5.41 Å². The standard InChI is InChI=1S/C54H40N4/c55-32-41-28-40-27-39(20-21-44(40)45-12-4-3-11-43(41)45)36-16-18-38(19-17-36)51-56-52(48-15-7-9-37-8-1-2-10-42(37)48)58-53(57-51)49-22-23-50(47-14-6-5-13-46(47)49)54-29-33-24-34(30-54)26-35(25-33)31-54/h1-23,27-28,33-35H,24-26,29-31H2/t33-,34+,35-,54?. The van der Waals surface area contributed by atoms with Gasteiger partial charge in [-0.2, -0.15) is 5.26 Å². The van der Waals surface area contributed by atoms with Gasteiger partial charge in [0.15, 0.2) is 17.5 Å². The van der Waals surface area contributed by atoms with Crippen molar-refractivity contribution in [2.75, 3.05) is 0 Å². The smallest absolute Gasteiger partial charge is 0.164 e. The van der Waals surface area contributed by atoms with Crippen molar-refractivity contribution in [3.8, 4) is 51.4 Å². The van der Waals surface area contributed by atoms with E-state index in [4.69, 9.17) is 15.0 Å². The zero-order chi connectivity index (χ0) is 38.4. The fourth-order valence-electron chi connectivity index (χ4n) is 11.8. The quantitative estimate of drug-likeness (QED) is 0.165. The second-order valence-electron chi connectivity index (χ2n) is 17.3. The minimum atomic E-state index is 0.282. The maximum atomic E-state index is 9.95. The van der Waals surface area contributed by atoms with Crippen molar-refractivity contribution in [1.82, 2.24) is 15.0 Å².